The van der Waals surface area contributed by atoms with Gasteiger partial charge >= 0.3 is 0 Å². The van der Waals surface area contributed by atoms with Crippen molar-refractivity contribution in [2.45, 2.75) is 25.3 Å². The minimum absolute atomic E-state index is 0.278. The van der Waals surface area contributed by atoms with Crippen LogP contribution in [-0.4, -0.2) is 42.1 Å². The van der Waals surface area contributed by atoms with Crippen molar-refractivity contribution < 1.29 is 0 Å². The van der Waals surface area contributed by atoms with E-state index in [-0.39, 0.29) is 5.95 Å². The Morgan fingerprint density at radius 1 is 1.06 bits per heavy atom. The van der Waals surface area contributed by atoms with Gasteiger partial charge in [-0.25, -0.2) is 0 Å². The Bertz CT molecular complexity index is 374. The van der Waals surface area contributed by atoms with Crippen LogP contribution in [0.5, 0.6) is 0 Å². The lowest BCUT2D eigenvalue weighted by molar-refractivity contribution is 0.397. The highest BCUT2D eigenvalue weighted by Gasteiger charge is 2.24. The molecule has 6 nitrogen and oxygen atoms in total. The number of nitrogens with two attached hydrogens (primary N) is 1. The summed E-state index contributed by atoms with van der Waals surface area (Å²) in [4.78, 5) is 16.6. The average molecular weight is 222 g/mol. The second kappa shape index (κ2) is 4.11. The van der Waals surface area contributed by atoms with Crippen molar-refractivity contribution in [1.29, 1.82) is 0 Å². The summed E-state index contributed by atoms with van der Waals surface area (Å²) >= 11 is 0. The zero-order valence-corrected chi connectivity index (χ0v) is 10.0. The van der Waals surface area contributed by atoms with Crippen LogP contribution in [0.2, 0.25) is 0 Å². The van der Waals surface area contributed by atoms with Crippen molar-refractivity contribution in [3.8, 4) is 0 Å². The third-order valence-electron chi connectivity index (χ3n) is 2.97. The van der Waals surface area contributed by atoms with Crippen LogP contribution in [0.4, 0.5) is 17.8 Å². The Labute approximate surface area is 95.5 Å². The predicted octanol–water partition coefficient (Wildman–Crippen LogP) is 0.508. The first kappa shape index (κ1) is 10.9. The van der Waals surface area contributed by atoms with Gasteiger partial charge in [-0.2, -0.15) is 15.0 Å². The van der Waals surface area contributed by atoms with Gasteiger partial charge in [0.05, 0.1) is 0 Å². The monoisotopic (exact) mass is 222 g/mol. The van der Waals surface area contributed by atoms with Crippen LogP contribution in [0, 0.1) is 0 Å². The highest BCUT2D eigenvalue weighted by Crippen LogP contribution is 2.26. The standard InChI is InChI=1S/C10H18N6/c1-15(2)9-12-8(11)13-10(14-9)16(3)7-5-4-6-7/h7H,4-6H2,1-3H3,(H2,11,12,13,14). The highest BCUT2D eigenvalue weighted by molar-refractivity contribution is 5.43. The van der Waals surface area contributed by atoms with Crippen molar-refractivity contribution in [2.75, 3.05) is 36.7 Å². The van der Waals surface area contributed by atoms with Gasteiger partial charge in [0.1, 0.15) is 0 Å². The molecular formula is C10H18N6. The van der Waals surface area contributed by atoms with E-state index in [1.54, 1.807) is 0 Å². The SMILES string of the molecule is CN(C)c1nc(N)nc(N(C)C2CCC2)n1. The number of hydrogen-bond acceptors (Lipinski definition) is 6. The van der Waals surface area contributed by atoms with E-state index in [1.165, 1.54) is 19.3 Å². The summed E-state index contributed by atoms with van der Waals surface area (Å²) in [6, 6.07) is 0.553. The van der Waals surface area contributed by atoms with E-state index < -0.39 is 0 Å². The molecule has 0 amide bonds. The number of nitrogen functional groups attached to an aromatic ring is 1. The Kier molecular flexibility index (Phi) is 2.80. The number of anilines is 3. The molecule has 1 aromatic rings. The number of aromatic nitrogens is 3. The fourth-order valence-corrected chi connectivity index (χ4v) is 1.66. The number of hydrogen-bond donors (Lipinski definition) is 1. The van der Waals surface area contributed by atoms with E-state index in [4.69, 9.17) is 5.73 Å². The van der Waals surface area contributed by atoms with Crippen LogP contribution in [0.1, 0.15) is 19.3 Å². The van der Waals surface area contributed by atoms with Gasteiger partial charge in [-0.05, 0) is 19.3 Å². The fraction of sp³-hybridized carbons (Fsp3) is 0.700. The molecule has 0 unspecified atom stereocenters. The highest BCUT2D eigenvalue weighted by atomic mass is 15.3. The Morgan fingerprint density at radius 2 is 1.69 bits per heavy atom. The van der Waals surface area contributed by atoms with Gasteiger partial charge < -0.3 is 15.5 Å². The first-order valence-corrected chi connectivity index (χ1v) is 5.49. The fourth-order valence-electron chi connectivity index (χ4n) is 1.66. The summed E-state index contributed by atoms with van der Waals surface area (Å²) < 4.78 is 0. The number of rotatable bonds is 3. The Morgan fingerprint density at radius 3 is 2.19 bits per heavy atom. The van der Waals surface area contributed by atoms with Gasteiger partial charge in [-0.15, -0.1) is 0 Å². The Balaban J connectivity index is 2.25. The second-order valence-electron chi connectivity index (χ2n) is 4.38. The third-order valence-corrected chi connectivity index (χ3v) is 2.97. The summed E-state index contributed by atoms with van der Waals surface area (Å²) in [7, 11) is 5.79. The summed E-state index contributed by atoms with van der Waals surface area (Å²) in [6.45, 7) is 0. The van der Waals surface area contributed by atoms with Crippen LogP contribution in [-0.2, 0) is 0 Å². The summed E-state index contributed by atoms with van der Waals surface area (Å²) in [5.74, 6) is 1.55. The van der Waals surface area contributed by atoms with Crippen molar-refractivity contribution in [2.24, 2.45) is 0 Å². The van der Waals surface area contributed by atoms with Crippen LogP contribution in [0.25, 0.3) is 0 Å². The van der Waals surface area contributed by atoms with E-state index in [0.29, 0.717) is 17.9 Å². The largest absolute Gasteiger partial charge is 0.368 e. The molecule has 0 aromatic carbocycles. The lowest BCUT2D eigenvalue weighted by Crippen LogP contribution is -2.38. The van der Waals surface area contributed by atoms with Crippen LogP contribution >= 0.6 is 0 Å². The summed E-state index contributed by atoms with van der Waals surface area (Å²) in [5.41, 5.74) is 5.68. The van der Waals surface area contributed by atoms with Gasteiger partial charge in [0.2, 0.25) is 17.8 Å². The molecule has 1 aromatic heterocycles. The smallest absolute Gasteiger partial charge is 0.231 e. The third kappa shape index (κ3) is 2.00. The zero-order valence-electron chi connectivity index (χ0n) is 10.0. The first-order valence-electron chi connectivity index (χ1n) is 5.49. The summed E-state index contributed by atoms with van der Waals surface area (Å²) in [5, 5.41) is 0. The minimum Gasteiger partial charge on any atom is -0.368 e. The van der Waals surface area contributed by atoms with Gasteiger partial charge in [0.15, 0.2) is 0 Å². The molecule has 16 heavy (non-hydrogen) atoms. The van der Waals surface area contributed by atoms with Gasteiger partial charge in [0, 0.05) is 27.2 Å². The molecule has 88 valence electrons. The molecular weight excluding hydrogens is 204 g/mol. The van der Waals surface area contributed by atoms with Crippen LogP contribution < -0.4 is 15.5 Å². The molecule has 1 heterocycles. The quantitative estimate of drug-likeness (QED) is 0.803. The second-order valence-corrected chi connectivity index (χ2v) is 4.38. The van der Waals surface area contributed by atoms with Crippen molar-refractivity contribution >= 4 is 17.8 Å². The minimum atomic E-state index is 0.278. The molecule has 2 N–H and O–H groups in total. The molecule has 1 aliphatic rings. The molecule has 0 aliphatic heterocycles. The van der Waals surface area contributed by atoms with Crippen molar-refractivity contribution in [3.63, 3.8) is 0 Å². The van der Waals surface area contributed by atoms with Crippen LogP contribution in [0.3, 0.4) is 0 Å². The lowest BCUT2D eigenvalue weighted by atomic mass is 9.92. The van der Waals surface area contributed by atoms with E-state index in [0.717, 1.165) is 0 Å². The molecule has 0 spiro atoms. The first-order chi connectivity index (χ1) is 7.58. The molecule has 0 atom stereocenters. The van der Waals surface area contributed by atoms with E-state index in [9.17, 15) is 0 Å². The molecule has 0 saturated heterocycles. The van der Waals surface area contributed by atoms with E-state index >= 15 is 0 Å². The van der Waals surface area contributed by atoms with Gasteiger partial charge in [-0.1, -0.05) is 0 Å². The molecule has 1 fully saturated rings. The van der Waals surface area contributed by atoms with Crippen molar-refractivity contribution in [1.82, 2.24) is 15.0 Å². The zero-order chi connectivity index (χ0) is 11.7. The van der Waals surface area contributed by atoms with Crippen LogP contribution in [0.15, 0.2) is 0 Å². The van der Waals surface area contributed by atoms with Gasteiger partial charge in [0.25, 0.3) is 0 Å². The molecule has 2 rings (SSSR count). The van der Waals surface area contributed by atoms with Gasteiger partial charge in [-0.3, -0.25) is 0 Å². The maximum atomic E-state index is 5.68. The molecule has 0 radical (unpaired) electrons. The van der Waals surface area contributed by atoms with Crippen molar-refractivity contribution in [3.05, 3.63) is 0 Å². The van der Waals surface area contributed by atoms with E-state index in [1.807, 2.05) is 26.0 Å². The van der Waals surface area contributed by atoms with E-state index in [2.05, 4.69) is 19.9 Å². The molecule has 1 aliphatic carbocycles. The summed E-state index contributed by atoms with van der Waals surface area (Å²) in [6.07, 6.45) is 3.70. The topological polar surface area (TPSA) is 71.2 Å². The predicted molar refractivity (Wildman–Crippen MR) is 64.6 cm³/mol. The molecule has 1 saturated carbocycles. The molecule has 6 heteroatoms. The average Bonchev–Trinajstić information content (AvgIpc) is 2.13. The Hall–Kier alpha value is -1.59. The normalized spacial score (nSPS) is 15.7. The molecule has 0 bridgehead atoms. The lowest BCUT2D eigenvalue weighted by Gasteiger charge is -2.34. The maximum absolute atomic E-state index is 5.68. The maximum Gasteiger partial charge on any atom is 0.231 e. The number of nitrogens with zero attached hydrogens (tertiary/aromatic N) is 5.